The molecule has 1 atom stereocenters. The topological polar surface area (TPSA) is 74.8 Å². The summed E-state index contributed by atoms with van der Waals surface area (Å²) in [5.41, 5.74) is 4.11. The van der Waals surface area contributed by atoms with Crippen molar-refractivity contribution in [1.82, 2.24) is 15.3 Å². The second-order valence-corrected chi connectivity index (χ2v) is 8.63. The largest absolute Gasteiger partial charge is 0.332 e. The van der Waals surface area contributed by atoms with Gasteiger partial charge in [-0.1, -0.05) is 84.2 Å². The molecule has 2 amide bonds. The zero-order valence-corrected chi connectivity index (χ0v) is 16.7. The molecule has 0 saturated carbocycles. The van der Waals surface area contributed by atoms with Gasteiger partial charge >= 0.3 is 0 Å². The number of carbonyl (C=O) groups excluding carboxylic acids is 2. The minimum Gasteiger partial charge on any atom is -0.332 e. The van der Waals surface area contributed by atoms with E-state index in [-0.39, 0.29) is 16.4 Å². The van der Waals surface area contributed by atoms with Crippen LogP contribution in [0.5, 0.6) is 0 Å². The predicted molar refractivity (Wildman–Crippen MR) is 114 cm³/mol. The molecule has 7 heteroatoms. The Morgan fingerprint density at radius 2 is 1.64 bits per heavy atom. The van der Waals surface area contributed by atoms with Crippen LogP contribution in [-0.2, 0) is 4.79 Å². The van der Waals surface area contributed by atoms with E-state index in [1.807, 2.05) is 36.4 Å². The fraction of sp³-hybridized carbons (Fsp3) is 0.190. The van der Waals surface area contributed by atoms with E-state index in [2.05, 4.69) is 34.6 Å². The molecular weight excluding hydrogens is 390 g/mol. The van der Waals surface area contributed by atoms with Gasteiger partial charge in [0.2, 0.25) is 5.91 Å². The van der Waals surface area contributed by atoms with E-state index in [0.29, 0.717) is 6.42 Å². The van der Waals surface area contributed by atoms with Gasteiger partial charge in [0, 0.05) is 16.9 Å². The van der Waals surface area contributed by atoms with Crippen molar-refractivity contribution in [1.29, 1.82) is 0 Å². The molecule has 0 aliphatic carbocycles. The molecule has 0 radical (unpaired) electrons. The van der Waals surface area contributed by atoms with Gasteiger partial charge < -0.3 is 4.98 Å². The Morgan fingerprint density at radius 1 is 0.964 bits per heavy atom. The maximum Gasteiger partial charge on any atom is 0.286 e. The fourth-order valence-corrected chi connectivity index (χ4v) is 4.76. The Morgan fingerprint density at radius 3 is 2.29 bits per heavy atom. The van der Waals surface area contributed by atoms with Gasteiger partial charge in [-0.3, -0.25) is 14.9 Å². The summed E-state index contributed by atoms with van der Waals surface area (Å²) < 4.78 is 0. The quantitative estimate of drug-likeness (QED) is 0.426. The lowest BCUT2D eigenvalue weighted by Crippen LogP contribution is -2.24. The van der Waals surface area contributed by atoms with Crippen molar-refractivity contribution in [2.75, 3.05) is 5.75 Å². The number of nitrogens with zero attached hydrogens (tertiary/aromatic N) is 1. The van der Waals surface area contributed by atoms with Crippen molar-refractivity contribution in [3.63, 3.8) is 0 Å². The smallest absolute Gasteiger partial charge is 0.286 e. The number of imide groups is 1. The minimum absolute atomic E-state index is 0.171. The molecule has 1 aromatic heterocycles. The summed E-state index contributed by atoms with van der Waals surface area (Å²) in [7, 11) is 0. The van der Waals surface area contributed by atoms with Crippen molar-refractivity contribution in [3.8, 4) is 22.5 Å². The van der Waals surface area contributed by atoms with Crippen molar-refractivity contribution >= 4 is 34.7 Å². The Bertz CT molecular complexity index is 917. The number of nitrogens with one attached hydrogen (secondary N) is 2. The lowest BCUT2D eigenvalue weighted by atomic mass is 10.1. The van der Waals surface area contributed by atoms with E-state index < -0.39 is 0 Å². The summed E-state index contributed by atoms with van der Waals surface area (Å²) in [5.74, 6) is 0.657. The second-order valence-electron chi connectivity index (χ2n) is 6.37. The molecule has 0 bridgehead atoms. The van der Waals surface area contributed by atoms with Gasteiger partial charge in [-0.25, -0.2) is 4.98 Å². The zero-order valence-electron chi connectivity index (χ0n) is 15.1. The van der Waals surface area contributed by atoms with E-state index in [1.54, 1.807) is 11.8 Å². The van der Waals surface area contributed by atoms with Gasteiger partial charge in [0.05, 0.1) is 16.6 Å². The Balaban J connectivity index is 1.47. The first-order valence-electron chi connectivity index (χ1n) is 9.06. The predicted octanol–water partition coefficient (Wildman–Crippen LogP) is 4.97. The molecule has 28 heavy (non-hydrogen) atoms. The van der Waals surface area contributed by atoms with Crippen LogP contribution in [0.1, 0.15) is 12.8 Å². The number of rotatable bonds is 7. The van der Waals surface area contributed by atoms with E-state index in [4.69, 9.17) is 4.98 Å². The first-order valence-corrected chi connectivity index (χ1v) is 10.9. The standard InChI is InChI=1S/C21H19N3O2S2/c25-19-16(28-21(26)24-19)12-7-13-27-20-22-17(14-8-3-1-4-9-14)18(23-20)15-10-5-2-6-11-15/h1-6,8-11,16H,7,12-13H2,(H,22,23)(H,24,25,26). The number of H-pyrrole nitrogens is 1. The molecule has 2 heterocycles. The molecule has 142 valence electrons. The van der Waals surface area contributed by atoms with Crippen LogP contribution in [0, 0.1) is 0 Å². The normalized spacial score (nSPS) is 16.4. The van der Waals surface area contributed by atoms with Gasteiger partial charge in [-0.2, -0.15) is 0 Å². The average molecular weight is 410 g/mol. The monoisotopic (exact) mass is 409 g/mol. The van der Waals surface area contributed by atoms with Crippen LogP contribution in [0.4, 0.5) is 4.79 Å². The summed E-state index contributed by atoms with van der Waals surface area (Å²) in [6, 6.07) is 20.3. The van der Waals surface area contributed by atoms with E-state index in [1.165, 1.54) is 0 Å². The third-order valence-corrected chi connectivity index (χ3v) is 6.42. The molecule has 1 unspecified atom stereocenters. The van der Waals surface area contributed by atoms with Crippen LogP contribution in [0.3, 0.4) is 0 Å². The average Bonchev–Trinajstić information content (AvgIpc) is 3.29. The lowest BCUT2D eigenvalue weighted by Gasteiger charge is -2.03. The summed E-state index contributed by atoms with van der Waals surface area (Å²) in [4.78, 5) is 31.1. The van der Waals surface area contributed by atoms with Crippen LogP contribution < -0.4 is 5.32 Å². The van der Waals surface area contributed by atoms with Gasteiger partial charge in [0.25, 0.3) is 5.24 Å². The van der Waals surface area contributed by atoms with Crippen LogP contribution in [0.15, 0.2) is 65.8 Å². The third kappa shape index (κ3) is 4.31. The number of thioether (sulfide) groups is 2. The molecule has 1 aliphatic rings. The van der Waals surface area contributed by atoms with Gasteiger partial charge in [0.1, 0.15) is 0 Å². The molecule has 1 aliphatic heterocycles. The number of hydrogen-bond acceptors (Lipinski definition) is 5. The molecular formula is C21H19N3O2S2. The summed E-state index contributed by atoms with van der Waals surface area (Å²) in [6.45, 7) is 0. The number of carbonyl (C=O) groups is 2. The first-order chi connectivity index (χ1) is 13.7. The van der Waals surface area contributed by atoms with Crippen molar-refractivity contribution in [3.05, 3.63) is 60.7 Å². The van der Waals surface area contributed by atoms with Gasteiger partial charge in [0.15, 0.2) is 5.16 Å². The number of amides is 2. The number of benzene rings is 2. The van der Waals surface area contributed by atoms with E-state index >= 15 is 0 Å². The number of hydrogen-bond donors (Lipinski definition) is 2. The Labute approximate surface area is 171 Å². The van der Waals surface area contributed by atoms with E-state index in [0.717, 1.165) is 51.6 Å². The first kappa shape index (κ1) is 18.8. The fourth-order valence-electron chi connectivity index (χ4n) is 3.06. The van der Waals surface area contributed by atoms with Crippen LogP contribution in [0.25, 0.3) is 22.5 Å². The van der Waals surface area contributed by atoms with E-state index in [9.17, 15) is 9.59 Å². The van der Waals surface area contributed by atoms with Crippen molar-refractivity contribution < 1.29 is 9.59 Å². The third-order valence-electron chi connectivity index (χ3n) is 4.41. The Hall–Kier alpha value is -2.51. The minimum atomic E-state index is -0.260. The van der Waals surface area contributed by atoms with Crippen molar-refractivity contribution in [2.24, 2.45) is 0 Å². The molecule has 1 saturated heterocycles. The van der Waals surface area contributed by atoms with Gasteiger partial charge in [-0.05, 0) is 12.8 Å². The molecule has 2 N–H and O–H groups in total. The highest BCUT2D eigenvalue weighted by atomic mass is 32.2. The number of aromatic amines is 1. The highest BCUT2D eigenvalue weighted by molar-refractivity contribution is 8.15. The second kappa shape index (κ2) is 8.67. The zero-order chi connectivity index (χ0) is 19.3. The highest BCUT2D eigenvalue weighted by Gasteiger charge is 2.30. The number of aromatic nitrogens is 2. The SMILES string of the molecule is O=C1NC(=O)C(CCCSc2nc(-c3ccccc3)c(-c3ccccc3)[nH]2)S1. The van der Waals surface area contributed by atoms with Crippen LogP contribution in [0.2, 0.25) is 0 Å². The summed E-state index contributed by atoms with van der Waals surface area (Å²) in [5, 5.41) is 2.69. The van der Waals surface area contributed by atoms with Crippen LogP contribution in [-0.4, -0.2) is 32.1 Å². The maximum atomic E-state index is 11.6. The van der Waals surface area contributed by atoms with Crippen LogP contribution >= 0.6 is 23.5 Å². The molecule has 4 rings (SSSR count). The molecule has 1 fully saturated rings. The van der Waals surface area contributed by atoms with Crippen molar-refractivity contribution in [2.45, 2.75) is 23.2 Å². The number of imidazole rings is 1. The van der Waals surface area contributed by atoms with Gasteiger partial charge in [-0.15, -0.1) is 0 Å². The Kier molecular flexibility index (Phi) is 5.83. The molecule has 0 spiro atoms. The molecule has 2 aromatic carbocycles. The molecule has 5 nitrogen and oxygen atoms in total. The molecule has 3 aromatic rings. The summed E-state index contributed by atoms with van der Waals surface area (Å²) >= 11 is 2.73. The summed E-state index contributed by atoms with van der Waals surface area (Å²) in [6.07, 6.45) is 1.53. The maximum absolute atomic E-state index is 11.6. The highest BCUT2D eigenvalue weighted by Crippen LogP contribution is 2.33. The lowest BCUT2D eigenvalue weighted by molar-refractivity contribution is -0.119.